The number of hydrogen-bond donors (Lipinski definition) is 1. The number of amides is 2. The second kappa shape index (κ2) is 8.75. The molecular weight excluding hydrogens is 390 g/mol. The number of aryl methyl sites for hydroxylation is 2. The van der Waals surface area contributed by atoms with Crippen molar-refractivity contribution in [2.75, 3.05) is 32.7 Å². The van der Waals surface area contributed by atoms with Gasteiger partial charge < -0.3 is 10.2 Å². The summed E-state index contributed by atoms with van der Waals surface area (Å²) in [7, 11) is -3.59. The van der Waals surface area contributed by atoms with Crippen LogP contribution in [0, 0.1) is 13.8 Å². The smallest absolute Gasteiger partial charge is 0.251 e. The first-order valence-electron chi connectivity index (χ1n) is 9.47. The minimum absolute atomic E-state index is 0.113. The topological polar surface area (TPSA) is 86.8 Å². The van der Waals surface area contributed by atoms with Crippen molar-refractivity contribution in [3.05, 3.63) is 65.2 Å². The Labute approximate surface area is 171 Å². The molecular formula is C21H25N3O4S. The van der Waals surface area contributed by atoms with Gasteiger partial charge in [-0.1, -0.05) is 24.3 Å². The highest BCUT2D eigenvalue weighted by Crippen LogP contribution is 2.20. The van der Waals surface area contributed by atoms with Crippen LogP contribution in [0.15, 0.2) is 53.4 Å². The van der Waals surface area contributed by atoms with Gasteiger partial charge in [0, 0.05) is 31.7 Å². The van der Waals surface area contributed by atoms with Crippen molar-refractivity contribution in [1.82, 2.24) is 14.5 Å². The lowest BCUT2D eigenvalue weighted by molar-refractivity contribution is -0.131. The van der Waals surface area contributed by atoms with Gasteiger partial charge in [0.1, 0.15) is 0 Å². The standard InChI is InChI=1S/C21H25N3O4S/c1-16-8-9-19(14-17(16)2)29(27,28)24-12-10-23(11-13-24)20(25)15-22-21(26)18-6-4-3-5-7-18/h3-9,14H,10-13,15H2,1-2H3,(H,22,26). The van der Waals surface area contributed by atoms with Crippen LogP contribution in [0.1, 0.15) is 21.5 Å². The van der Waals surface area contributed by atoms with Gasteiger partial charge in [-0.15, -0.1) is 0 Å². The Kier molecular flexibility index (Phi) is 6.34. The van der Waals surface area contributed by atoms with E-state index in [1.54, 1.807) is 47.4 Å². The van der Waals surface area contributed by atoms with E-state index in [-0.39, 0.29) is 36.3 Å². The number of nitrogens with one attached hydrogen (secondary N) is 1. The fourth-order valence-corrected chi connectivity index (χ4v) is 4.67. The van der Waals surface area contributed by atoms with Crippen LogP contribution in [0.5, 0.6) is 0 Å². The van der Waals surface area contributed by atoms with Crippen LogP contribution < -0.4 is 5.32 Å². The van der Waals surface area contributed by atoms with Crippen molar-refractivity contribution in [2.45, 2.75) is 18.7 Å². The quantitative estimate of drug-likeness (QED) is 0.803. The van der Waals surface area contributed by atoms with E-state index in [4.69, 9.17) is 0 Å². The highest BCUT2D eigenvalue weighted by Gasteiger charge is 2.30. The number of carbonyl (C=O) groups excluding carboxylic acids is 2. The fourth-order valence-electron chi connectivity index (χ4n) is 3.16. The summed E-state index contributed by atoms with van der Waals surface area (Å²) >= 11 is 0. The summed E-state index contributed by atoms with van der Waals surface area (Å²) in [6.07, 6.45) is 0. The second-order valence-corrected chi connectivity index (χ2v) is 9.02. The summed E-state index contributed by atoms with van der Waals surface area (Å²) in [6.45, 7) is 4.76. The molecule has 3 rings (SSSR count). The zero-order chi connectivity index (χ0) is 21.0. The molecule has 1 N–H and O–H groups in total. The van der Waals surface area contributed by atoms with E-state index >= 15 is 0 Å². The third kappa shape index (κ3) is 4.83. The highest BCUT2D eigenvalue weighted by atomic mass is 32.2. The summed E-state index contributed by atoms with van der Waals surface area (Å²) in [6, 6.07) is 13.8. The molecule has 1 fully saturated rings. The van der Waals surface area contributed by atoms with E-state index in [1.165, 1.54) is 4.31 Å². The van der Waals surface area contributed by atoms with Crippen LogP contribution >= 0.6 is 0 Å². The maximum absolute atomic E-state index is 12.9. The van der Waals surface area contributed by atoms with Crippen LogP contribution in [0.4, 0.5) is 0 Å². The van der Waals surface area contributed by atoms with Gasteiger partial charge >= 0.3 is 0 Å². The van der Waals surface area contributed by atoms with Crippen molar-refractivity contribution in [3.63, 3.8) is 0 Å². The normalized spacial score (nSPS) is 15.2. The molecule has 2 aromatic carbocycles. The van der Waals surface area contributed by atoms with E-state index in [0.717, 1.165) is 11.1 Å². The molecule has 1 heterocycles. The van der Waals surface area contributed by atoms with Gasteiger partial charge in [0.15, 0.2) is 0 Å². The van der Waals surface area contributed by atoms with Crippen molar-refractivity contribution in [2.24, 2.45) is 0 Å². The summed E-state index contributed by atoms with van der Waals surface area (Å²) < 4.78 is 27.1. The van der Waals surface area contributed by atoms with Crippen molar-refractivity contribution >= 4 is 21.8 Å². The van der Waals surface area contributed by atoms with Gasteiger partial charge in [0.2, 0.25) is 15.9 Å². The predicted molar refractivity (Wildman–Crippen MR) is 110 cm³/mol. The molecule has 0 aromatic heterocycles. The number of benzene rings is 2. The van der Waals surface area contributed by atoms with E-state index in [9.17, 15) is 18.0 Å². The maximum atomic E-state index is 12.9. The van der Waals surface area contributed by atoms with Crippen molar-refractivity contribution < 1.29 is 18.0 Å². The van der Waals surface area contributed by atoms with Crippen LogP contribution in [0.25, 0.3) is 0 Å². The molecule has 2 aromatic rings. The zero-order valence-electron chi connectivity index (χ0n) is 16.6. The van der Waals surface area contributed by atoms with Crippen LogP contribution in [-0.4, -0.2) is 62.2 Å². The Morgan fingerprint density at radius 3 is 2.21 bits per heavy atom. The Balaban J connectivity index is 1.55. The molecule has 0 atom stereocenters. The van der Waals surface area contributed by atoms with Crippen molar-refractivity contribution in [1.29, 1.82) is 0 Å². The Hall–Kier alpha value is -2.71. The first-order chi connectivity index (χ1) is 13.8. The summed E-state index contributed by atoms with van der Waals surface area (Å²) in [5.41, 5.74) is 2.45. The first-order valence-corrected chi connectivity index (χ1v) is 10.9. The first kappa shape index (κ1) is 21.0. The minimum atomic E-state index is -3.59. The van der Waals surface area contributed by atoms with E-state index in [1.807, 2.05) is 19.9 Å². The SMILES string of the molecule is Cc1ccc(S(=O)(=O)N2CCN(C(=O)CNC(=O)c3ccccc3)CC2)cc1C. The summed E-state index contributed by atoms with van der Waals surface area (Å²) in [5.74, 6) is -0.535. The van der Waals surface area contributed by atoms with Gasteiger partial charge in [-0.2, -0.15) is 4.31 Å². The predicted octanol–water partition coefficient (Wildman–Crippen LogP) is 1.57. The molecule has 154 valence electrons. The molecule has 1 saturated heterocycles. The monoisotopic (exact) mass is 415 g/mol. The number of piperazine rings is 1. The Morgan fingerprint density at radius 1 is 0.931 bits per heavy atom. The molecule has 0 saturated carbocycles. The third-order valence-corrected chi connectivity index (χ3v) is 7.04. The van der Waals surface area contributed by atoms with E-state index in [0.29, 0.717) is 18.7 Å². The number of rotatable bonds is 5. The Bertz CT molecular complexity index is 998. The lowest BCUT2D eigenvalue weighted by Gasteiger charge is -2.34. The van der Waals surface area contributed by atoms with E-state index in [2.05, 4.69) is 5.32 Å². The number of sulfonamides is 1. The van der Waals surface area contributed by atoms with Gasteiger partial charge in [-0.3, -0.25) is 9.59 Å². The van der Waals surface area contributed by atoms with Gasteiger partial charge in [-0.05, 0) is 49.2 Å². The lowest BCUT2D eigenvalue weighted by atomic mass is 10.1. The fraction of sp³-hybridized carbons (Fsp3) is 0.333. The number of nitrogens with zero attached hydrogens (tertiary/aromatic N) is 2. The molecule has 0 unspecified atom stereocenters. The number of hydrogen-bond acceptors (Lipinski definition) is 4. The average Bonchev–Trinajstić information content (AvgIpc) is 2.74. The van der Waals surface area contributed by atoms with Crippen molar-refractivity contribution in [3.8, 4) is 0 Å². The molecule has 2 amide bonds. The van der Waals surface area contributed by atoms with E-state index < -0.39 is 10.0 Å². The highest BCUT2D eigenvalue weighted by molar-refractivity contribution is 7.89. The molecule has 1 aliphatic rings. The molecule has 8 heteroatoms. The molecule has 29 heavy (non-hydrogen) atoms. The lowest BCUT2D eigenvalue weighted by Crippen LogP contribution is -2.52. The maximum Gasteiger partial charge on any atom is 0.251 e. The molecule has 1 aliphatic heterocycles. The average molecular weight is 416 g/mol. The van der Waals surface area contributed by atoms with Crippen LogP contribution in [0.3, 0.4) is 0 Å². The third-order valence-electron chi connectivity index (χ3n) is 5.14. The molecule has 7 nitrogen and oxygen atoms in total. The Morgan fingerprint density at radius 2 is 1.59 bits per heavy atom. The summed E-state index contributed by atoms with van der Waals surface area (Å²) in [4.78, 5) is 26.3. The molecule has 0 bridgehead atoms. The van der Waals surface area contributed by atoms with Crippen LogP contribution in [-0.2, 0) is 14.8 Å². The minimum Gasteiger partial charge on any atom is -0.343 e. The van der Waals surface area contributed by atoms with Gasteiger partial charge in [0.05, 0.1) is 11.4 Å². The van der Waals surface area contributed by atoms with Gasteiger partial charge in [0.25, 0.3) is 5.91 Å². The second-order valence-electron chi connectivity index (χ2n) is 7.08. The molecule has 0 radical (unpaired) electrons. The number of carbonyl (C=O) groups is 2. The summed E-state index contributed by atoms with van der Waals surface area (Å²) in [5, 5.41) is 2.61. The largest absolute Gasteiger partial charge is 0.343 e. The van der Waals surface area contributed by atoms with Crippen LogP contribution in [0.2, 0.25) is 0 Å². The molecule has 0 spiro atoms. The molecule has 0 aliphatic carbocycles. The zero-order valence-corrected chi connectivity index (χ0v) is 17.4. The van der Waals surface area contributed by atoms with Gasteiger partial charge in [-0.25, -0.2) is 8.42 Å².